The first-order valence-corrected chi connectivity index (χ1v) is 6.96. The summed E-state index contributed by atoms with van der Waals surface area (Å²) in [4.78, 5) is 11.7. The lowest BCUT2D eigenvalue weighted by molar-refractivity contribution is -0.120. The van der Waals surface area contributed by atoms with E-state index in [0.29, 0.717) is 5.56 Å². The third-order valence-electron chi connectivity index (χ3n) is 3.19. The van der Waals surface area contributed by atoms with Crippen molar-refractivity contribution in [1.29, 1.82) is 0 Å². The molecule has 17 heavy (non-hydrogen) atoms. The van der Waals surface area contributed by atoms with E-state index in [1.165, 1.54) is 12.8 Å². The van der Waals surface area contributed by atoms with Crippen LogP contribution in [0.5, 0.6) is 5.75 Å². The van der Waals surface area contributed by atoms with Gasteiger partial charge < -0.3 is 10.4 Å². The van der Waals surface area contributed by atoms with Crippen LogP contribution in [-0.2, 0) is 11.2 Å². The first kappa shape index (κ1) is 12.3. The smallest absolute Gasteiger partial charge is 0.224 e. The number of para-hydroxylation sites is 1. The number of hydrogen-bond donors (Lipinski definition) is 2. The number of amides is 1. The molecule has 1 aliphatic rings. The largest absolute Gasteiger partial charge is 0.508 e. The minimum absolute atomic E-state index is 0.0215. The van der Waals surface area contributed by atoms with Crippen LogP contribution < -0.4 is 5.32 Å². The van der Waals surface area contributed by atoms with Crippen LogP contribution in [0.2, 0.25) is 0 Å². The Labute approximate surface area is 106 Å². The maximum atomic E-state index is 11.7. The third kappa shape index (κ3) is 3.16. The number of carbonyl (C=O) groups excluding carboxylic acids is 1. The minimum atomic E-state index is -0.0215. The van der Waals surface area contributed by atoms with Gasteiger partial charge >= 0.3 is 0 Å². The number of carbonyl (C=O) groups is 1. The summed E-state index contributed by atoms with van der Waals surface area (Å²) < 4.78 is 0.286. The Hall–Kier alpha value is -1.16. The fourth-order valence-electron chi connectivity index (χ4n) is 1.75. The average molecular weight is 251 g/mol. The topological polar surface area (TPSA) is 49.3 Å². The van der Waals surface area contributed by atoms with Gasteiger partial charge in [-0.3, -0.25) is 4.79 Å². The highest BCUT2D eigenvalue weighted by Gasteiger charge is 2.41. The lowest BCUT2D eigenvalue weighted by atomic mass is 10.1. The number of phenolic OH excluding ortho intramolecular Hbond substituents is 1. The van der Waals surface area contributed by atoms with Gasteiger partial charge in [0.05, 0.1) is 6.42 Å². The number of phenols is 1. The molecule has 4 heteroatoms. The van der Waals surface area contributed by atoms with Crippen molar-refractivity contribution in [3.05, 3.63) is 29.8 Å². The van der Waals surface area contributed by atoms with Crippen molar-refractivity contribution in [3.63, 3.8) is 0 Å². The number of nitrogens with one attached hydrogen (secondary N) is 1. The standard InChI is InChI=1S/C13H17NO2S/c1-17-13(6-7-13)9-14-12(16)8-10-4-2-3-5-11(10)15/h2-5,15H,6-9H2,1H3,(H,14,16). The van der Waals surface area contributed by atoms with Crippen LogP contribution in [0.1, 0.15) is 18.4 Å². The molecule has 2 rings (SSSR count). The van der Waals surface area contributed by atoms with Gasteiger partial charge in [0.25, 0.3) is 0 Å². The van der Waals surface area contributed by atoms with Gasteiger partial charge in [0, 0.05) is 16.9 Å². The van der Waals surface area contributed by atoms with Crippen molar-refractivity contribution in [2.75, 3.05) is 12.8 Å². The van der Waals surface area contributed by atoms with E-state index in [9.17, 15) is 9.90 Å². The Kier molecular flexibility index (Phi) is 3.62. The molecule has 0 radical (unpaired) electrons. The van der Waals surface area contributed by atoms with Crippen molar-refractivity contribution in [2.45, 2.75) is 24.0 Å². The Morgan fingerprint density at radius 2 is 2.18 bits per heavy atom. The second kappa shape index (κ2) is 5.00. The zero-order chi connectivity index (χ0) is 12.3. The number of thioether (sulfide) groups is 1. The van der Waals surface area contributed by atoms with Crippen molar-refractivity contribution < 1.29 is 9.90 Å². The number of hydrogen-bond acceptors (Lipinski definition) is 3. The SMILES string of the molecule is CSC1(CNC(=O)Cc2ccccc2O)CC1. The average Bonchev–Trinajstić information content (AvgIpc) is 3.10. The molecule has 1 amide bonds. The summed E-state index contributed by atoms with van der Waals surface area (Å²) >= 11 is 1.83. The fourth-order valence-corrected chi connectivity index (χ4v) is 2.47. The maximum absolute atomic E-state index is 11.7. The molecule has 1 saturated carbocycles. The van der Waals surface area contributed by atoms with E-state index in [1.54, 1.807) is 18.2 Å². The summed E-state index contributed by atoms with van der Waals surface area (Å²) in [5.41, 5.74) is 0.680. The monoisotopic (exact) mass is 251 g/mol. The van der Waals surface area contributed by atoms with E-state index in [2.05, 4.69) is 11.6 Å². The van der Waals surface area contributed by atoms with Crippen molar-refractivity contribution in [3.8, 4) is 5.75 Å². The first-order valence-electron chi connectivity index (χ1n) is 5.74. The van der Waals surface area contributed by atoms with Gasteiger partial charge in [0.1, 0.15) is 5.75 Å². The van der Waals surface area contributed by atoms with Crippen LogP contribution in [0.15, 0.2) is 24.3 Å². The van der Waals surface area contributed by atoms with E-state index in [1.807, 2.05) is 17.8 Å². The summed E-state index contributed by atoms with van der Waals surface area (Å²) in [6.45, 7) is 0.737. The number of aromatic hydroxyl groups is 1. The maximum Gasteiger partial charge on any atom is 0.224 e. The second-order valence-electron chi connectivity index (χ2n) is 4.47. The molecule has 0 atom stereocenters. The molecular formula is C13H17NO2S. The van der Waals surface area contributed by atoms with E-state index < -0.39 is 0 Å². The van der Waals surface area contributed by atoms with E-state index in [4.69, 9.17) is 0 Å². The van der Waals surface area contributed by atoms with Crippen molar-refractivity contribution in [2.24, 2.45) is 0 Å². The molecule has 0 aliphatic heterocycles. The van der Waals surface area contributed by atoms with E-state index in [0.717, 1.165) is 6.54 Å². The van der Waals surface area contributed by atoms with Gasteiger partial charge in [-0.15, -0.1) is 0 Å². The van der Waals surface area contributed by atoms with Gasteiger partial charge in [-0.05, 0) is 25.2 Å². The molecule has 0 heterocycles. The van der Waals surface area contributed by atoms with Gasteiger partial charge in [0.15, 0.2) is 0 Å². The molecule has 0 spiro atoms. The Morgan fingerprint density at radius 1 is 1.47 bits per heavy atom. The number of rotatable bonds is 5. The summed E-state index contributed by atoms with van der Waals surface area (Å²) in [6, 6.07) is 6.96. The molecule has 0 aromatic heterocycles. The Balaban J connectivity index is 1.83. The van der Waals surface area contributed by atoms with Gasteiger partial charge in [-0.2, -0.15) is 11.8 Å². The second-order valence-corrected chi connectivity index (χ2v) is 5.74. The molecule has 2 N–H and O–H groups in total. The van der Waals surface area contributed by atoms with Crippen LogP contribution in [0.4, 0.5) is 0 Å². The lowest BCUT2D eigenvalue weighted by Gasteiger charge is -2.13. The van der Waals surface area contributed by atoms with Gasteiger partial charge in [-0.25, -0.2) is 0 Å². The predicted molar refractivity (Wildman–Crippen MR) is 70.3 cm³/mol. The molecule has 1 fully saturated rings. The van der Waals surface area contributed by atoms with E-state index >= 15 is 0 Å². The molecular weight excluding hydrogens is 234 g/mol. The Morgan fingerprint density at radius 3 is 2.76 bits per heavy atom. The fraction of sp³-hybridized carbons (Fsp3) is 0.462. The quantitative estimate of drug-likeness (QED) is 0.841. The van der Waals surface area contributed by atoms with Gasteiger partial charge in [-0.1, -0.05) is 18.2 Å². The third-order valence-corrected chi connectivity index (χ3v) is 4.61. The Bertz CT molecular complexity index is 416. The zero-order valence-electron chi connectivity index (χ0n) is 9.90. The molecule has 0 unspecified atom stereocenters. The molecule has 1 aromatic rings. The van der Waals surface area contributed by atoms with Crippen molar-refractivity contribution in [1.82, 2.24) is 5.32 Å². The molecule has 3 nitrogen and oxygen atoms in total. The van der Waals surface area contributed by atoms with Crippen LogP contribution in [0.25, 0.3) is 0 Å². The predicted octanol–water partition coefficient (Wildman–Crippen LogP) is 1.95. The molecule has 1 aliphatic carbocycles. The molecule has 0 saturated heterocycles. The highest BCUT2D eigenvalue weighted by Crippen LogP contribution is 2.46. The summed E-state index contributed by atoms with van der Waals surface area (Å²) in [6.07, 6.45) is 4.70. The van der Waals surface area contributed by atoms with Crippen LogP contribution >= 0.6 is 11.8 Å². The number of benzene rings is 1. The lowest BCUT2D eigenvalue weighted by Crippen LogP contribution is -2.32. The summed E-state index contributed by atoms with van der Waals surface area (Å²) in [5.74, 6) is 0.167. The zero-order valence-corrected chi connectivity index (χ0v) is 10.7. The normalized spacial score (nSPS) is 16.5. The molecule has 1 aromatic carbocycles. The van der Waals surface area contributed by atoms with E-state index in [-0.39, 0.29) is 22.8 Å². The van der Waals surface area contributed by atoms with Crippen LogP contribution in [-0.4, -0.2) is 28.6 Å². The molecule has 92 valence electrons. The highest BCUT2D eigenvalue weighted by atomic mass is 32.2. The molecule has 0 bridgehead atoms. The van der Waals surface area contributed by atoms with Crippen LogP contribution in [0, 0.1) is 0 Å². The highest BCUT2D eigenvalue weighted by molar-refractivity contribution is 8.00. The summed E-state index contributed by atoms with van der Waals surface area (Å²) in [7, 11) is 0. The first-order chi connectivity index (χ1) is 8.15. The van der Waals surface area contributed by atoms with Gasteiger partial charge in [0.2, 0.25) is 5.91 Å². The minimum Gasteiger partial charge on any atom is -0.508 e. The van der Waals surface area contributed by atoms with Crippen molar-refractivity contribution >= 4 is 17.7 Å². The summed E-state index contributed by atoms with van der Waals surface area (Å²) in [5, 5.41) is 12.5. The van der Waals surface area contributed by atoms with Crippen LogP contribution in [0.3, 0.4) is 0 Å².